The molecule has 0 aliphatic carbocycles. The van der Waals surface area contributed by atoms with Crippen LogP contribution in [-0.2, 0) is 11.3 Å². The number of nitrogens with zero attached hydrogens (tertiary/aromatic N) is 3. The molecule has 0 spiro atoms. The Bertz CT molecular complexity index is 821. The summed E-state index contributed by atoms with van der Waals surface area (Å²) in [4.78, 5) is 26.1. The molecule has 132 valence electrons. The molecule has 3 rings (SSSR count). The van der Waals surface area contributed by atoms with Crippen LogP contribution in [0.25, 0.3) is 0 Å². The highest BCUT2D eigenvalue weighted by Crippen LogP contribution is 2.20. The van der Waals surface area contributed by atoms with E-state index in [4.69, 9.17) is 0 Å². The summed E-state index contributed by atoms with van der Waals surface area (Å²) in [6, 6.07) is 9.45. The lowest BCUT2D eigenvalue weighted by atomic mass is 10.0. The fourth-order valence-corrected chi connectivity index (χ4v) is 3.08. The number of hydrogen-bond donors (Lipinski definition) is 1. The second kappa shape index (κ2) is 7.46. The lowest BCUT2D eigenvalue weighted by Crippen LogP contribution is -2.49. The average Bonchev–Trinajstić information content (AvgIpc) is 2.58. The van der Waals surface area contributed by atoms with E-state index in [1.165, 1.54) is 18.2 Å². The maximum Gasteiger partial charge on any atom is 0.267 e. The van der Waals surface area contributed by atoms with E-state index < -0.39 is 0 Å². The zero-order valence-electron chi connectivity index (χ0n) is 14.1. The van der Waals surface area contributed by atoms with Crippen LogP contribution in [0.1, 0.15) is 18.5 Å². The Kier molecular flexibility index (Phi) is 5.11. The van der Waals surface area contributed by atoms with Crippen LogP contribution >= 0.6 is 0 Å². The first-order valence-electron chi connectivity index (χ1n) is 8.36. The van der Waals surface area contributed by atoms with Crippen LogP contribution in [0.4, 0.5) is 10.1 Å². The molecule has 2 heterocycles. The summed E-state index contributed by atoms with van der Waals surface area (Å²) in [5, 5.41) is 7.02. The molecule has 1 atom stereocenters. The van der Waals surface area contributed by atoms with Crippen molar-refractivity contribution < 1.29 is 9.18 Å². The molecule has 6 nitrogen and oxygen atoms in total. The summed E-state index contributed by atoms with van der Waals surface area (Å²) in [5.74, 6) is -0.514. The molecule has 0 saturated carbocycles. The first-order chi connectivity index (χ1) is 12.0. The average molecular weight is 344 g/mol. The summed E-state index contributed by atoms with van der Waals surface area (Å²) < 4.78 is 14.6. The highest BCUT2D eigenvalue weighted by atomic mass is 19.1. The molecule has 1 fully saturated rings. The predicted octanol–water partition coefficient (Wildman–Crippen LogP) is 1.48. The molecular formula is C18H21FN4O2. The highest BCUT2D eigenvalue weighted by Gasteiger charge is 2.22. The molecule has 2 aromatic rings. The summed E-state index contributed by atoms with van der Waals surface area (Å²) >= 11 is 0. The first kappa shape index (κ1) is 17.1. The van der Waals surface area contributed by atoms with Crippen LogP contribution in [0.3, 0.4) is 0 Å². The van der Waals surface area contributed by atoms with Gasteiger partial charge in [0.25, 0.3) is 5.56 Å². The Morgan fingerprint density at radius 3 is 3.00 bits per heavy atom. The second-order valence-electron chi connectivity index (χ2n) is 6.30. The highest BCUT2D eigenvalue weighted by molar-refractivity contribution is 5.76. The molecule has 0 unspecified atom stereocenters. The van der Waals surface area contributed by atoms with Gasteiger partial charge in [-0.15, -0.1) is 0 Å². The largest absolute Gasteiger partial charge is 0.369 e. The van der Waals surface area contributed by atoms with Crippen LogP contribution in [0.2, 0.25) is 0 Å². The molecule has 25 heavy (non-hydrogen) atoms. The van der Waals surface area contributed by atoms with Gasteiger partial charge in [-0.1, -0.05) is 6.07 Å². The number of rotatable bonds is 4. The smallest absolute Gasteiger partial charge is 0.267 e. The molecule has 1 saturated heterocycles. The van der Waals surface area contributed by atoms with Gasteiger partial charge in [-0.05, 0) is 44.0 Å². The Balaban J connectivity index is 1.61. The van der Waals surface area contributed by atoms with Crippen molar-refractivity contribution in [2.75, 3.05) is 18.0 Å². The molecule has 1 aromatic carbocycles. The molecule has 7 heteroatoms. The van der Waals surface area contributed by atoms with Crippen LogP contribution in [-0.4, -0.2) is 34.8 Å². The van der Waals surface area contributed by atoms with Gasteiger partial charge in [-0.2, -0.15) is 5.10 Å². The lowest BCUT2D eigenvalue weighted by Gasteiger charge is -2.34. The molecular weight excluding hydrogens is 323 g/mol. The number of carbonyl (C=O) groups is 1. The first-order valence-corrected chi connectivity index (χ1v) is 8.36. The summed E-state index contributed by atoms with van der Waals surface area (Å²) in [7, 11) is 0. The van der Waals surface area contributed by atoms with Crippen molar-refractivity contribution in [2.45, 2.75) is 32.4 Å². The van der Waals surface area contributed by atoms with Gasteiger partial charge >= 0.3 is 0 Å². The topological polar surface area (TPSA) is 67.2 Å². The van der Waals surface area contributed by atoms with E-state index in [2.05, 4.69) is 15.3 Å². The number of anilines is 1. The molecule has 0 bridgehead atoms. The summed E-state index contributed by atoms with van der Waals surface area (Å²) in [5.41, 5.74) is 1.20. The number of halogens is 1. The van der Waals surface area contributed by atoms with Gasteiger partial charge in [0.15, 0.2) is 0 Å². The Morgan fingerprint density at radius 1 is 1.36 bits per heavy atom. The molecule has 1 aromatic heterocycles. The number of piperidine rings is 1. The van der Waals surface area contributed by atoms with E-state index >= 15 is 0 Å². The van der Waals surface area contributed by atoms with E-state index in [1.807, 2.05) is 6.07 Å². The van der Waals surface area contributed by atoms with Gasteiger partial charge in [-0.3, -0.25) is 9.59 Å². The number of hydrogen-bond acceptors (Lipinski definition) is 4. The second-order valence-corrected chi connectivity index (χ2v) is 6.30. The fraction of sp³-hybridized carbons (Fsp3) is 0.389. The van der Waals surface area contributed by atoms with Crippen molar-refractivity contribution in [3.8, 4) is 0 Å². The van der Waals surface area contributed by atoms with E-state index in [9.17, 15) is 14.0 Å². The number of amides is 1. The summed E-state index contributed by atoms with van der Waals surface area (Å²) in [6.07, 6.45) is 1.76. The van der Waals surface area contributed by atoms with Crippen molar-refractivity contribution in [2.24, 2.45) is 0 Å². The van der Waals surface area contributed by atoms with Crippen molar-refractivity contribution in [1.82, 2.24) is 15.1 Å². The van der Waals surface area contributed by atoms with Gasteiger partial charge in [0.1, 0.15) is 12.4 Å². The molecule has 0 radical (unpaired) electrons. The quantitative estimate of drug-likeness (QED) is 0.912. The monoisotopic (exact) mass is 344 g/mol. The lowest BCUT2D eigenvalue weighted by molar-refractivity contribution is -0.122. The number of aryl methyl sites for hydroxylation is 1. The molecule has 1 amide bonds. The van der Waals surface area contributed by atoms with Crippen molar-refractivity contribution in [3.05, 3.63) is 58.3 Å². The van der Waals surface area contributed by atoms with Crippen molar-refractivity contribution >= 4 is 11.6 Å². The van der Waals surface area contributed by atoms with Crippen molar-refractivity contribution in [1.29, 1.82) is 0 Å². The number of nitrogens with one attached hydrogen (secondary N) is 1. The number of aromatic nitrogens is 2. The SMILES string of the molecule is Cc1ccc(=O)n(CC(=O)N[C@H]2CCCN(c3cccc(F)c3)C2)n1. The van der Waals surface area contributed by atoms with Crippen LogP contribution in [0, 0.1) is 12.7 Å². The van der Waals surface area contributed by atoms with Crippen molar-refractivity contribution in [3.63, 3.8) is 0 Å². The third-order valence-electron chi connectivity index (χ3n) is 4.25. The molecule has 1 aliphatic rings. The minimum Gasteiger partial charge on any atom is -0.369 e. The molecule has 1 N–H and O–H groups in total. The number of benzene rings is 1. The predicted molar refractivity (Wildman–Crippen MR) is 93.0 cm³/mol. The minimum absolute atomic E-state index is 0.0370. The minimum atomic E-state index is -0.300. The zero-order chi connectivity index (χ0) is 17.8. The standard InChI is InChI=1S/C18H21FN4O2/c1-13-7-8-18(25)23(21-13)12-17(24)20-15-5-3-9-22(11-15)16-6-2-4-14(19)10-16/h2,4,6-8,10,15H,3,5,9,11-12H2,1H3,(H,20,24)/t15-/m0/s1. The normalized spacial score (nSPS) is 17.4. The zero-order valence-corrected chi connectivity index (χ0v) is 14.1. The van der Waals surface area contributed by atoms with E-state index in [0.717, 1.165) is 29.8 Å². The Morgan fingerprint density at radius 2 is 2.20 bits per heavy atom. The van der Waals surface area contributed by atoms with Gasteiger partial charge in [0, 0.05) is 30.9 Å². The van der Waals surface area contributed by atoms with Gasteiger partial charge < -0.3 is 10.2 Å². The van der Waals surface area contributed by atoms with Crippen LogP contribution in [0.5, 0.6) is 0 Å². The van der Waals surface area contributed by atoms with Crippen LogP contribution < -0.4 is 15.8 Å². The third-order valence-corrected chi connectivity index (χ3v) is 4.25. The third kappa shape index (κ3) is 4.43. The summed E-state index contributed by atoms with van der Waals surface area (Å²) in [6.45, 7) is 3.11. The maximum atomic E-state index is 13.4. The van der Waals surface area contributed by atoms with E-state index in [1.54, 1.807) is 19.1 Å². The van der Waals surface area contributed by atoms with Gasteiger partial charge in [0.05, 0.1) is 5.69 Å². The number of carbonyl (C=O) groups excluding carboxylic acids is 1. The molecule has 1 aliphatic heterocycles. The van der Waals surface area contributed by atoms with E-state index in [-0.39, 0.29) is 29.9 Å². The van der Waals surface area contributed by atoms with Gasteiger partial charge in [0.2, 0.25) is 5.91 Å². The van der Waals surface area contributed by atoms with E-state index in [0.29, 0.717) is 12.2 Å². The van der Waals surface area contributed by atoms with Crippen LogP contribution in [0.15, 0.2) is 41.2 Å². The maximum absolute atomic E-state index is 13.4. The fourth-order valence-electron chi connectivity index (χ4n) is 3.08. The Labute approximate surface area is 145 Å². The Hall–Kier alpha value is -2.70. The van der Waals surface area contributed by atoms with Gasteiger partial charge in [-0.25, -0.2) is 9.07 Å².